The Balaban J connectivity index is 2.02. The smallest absolute Gasteiger partial charge is 0.159 e. The average molecular weight is 382 g/mol. The first kappa shape index (κ1) is 19.1. The first-order chi connectivity index (χ1) is 13.8. The highest BCUT2D eigenvalue weighted by molar-refractivity contribution is 5.62. The lowest BCUT2D eigenvalue weighted by atomic mass is 10.0. The maximum atomic E-state index is 5.01. The molecule has 0 aliphatic rings. The Kier molecular flexibility index (Phi) is 4.83. The van der Waals surface area contributed by atoms with Gasteiger partial charge >= 0.3 is 0 Å². The van der Waals surface area contributed by atoms with Crippen LogP contribution in [0.3, 0.4) is 0 Å². The van der Waals surface area contributed by atoms with Gasteiger partial charge in [-0.25, -0.2) is 4.68 Å². The van der Waals surface area contributed by atoms with Crippen LogP contribution in [0, 0.1) is 47.7 Å². The molecule has 0 N–H and O–H groups in total. The van der Waals surface area contributed by atoms with Crippen LogP contribution >= 0.6 is 0 Å². The summed E-state index contributed by atoms with van der Waals surface area (Å²) in [4.78, 5) is 0. The molecule has 0 saturated carbocycles. The van der Waals surface area contributed by atoms with Crippen LogP contribution in [0.5, 0.6) is 0 Å². The Morgan fingerprint density at radius 3 is 1.79 bits per heavy atom. The number of hydrogen-bond donors (Lipinski definition) is 0. The maximum absolute atomic E-state index is 5.01. The molecule has 3 heteroatoms. The zero-order valence-electron chi connectivity index (χ0n) is 18.0. The van der Waals surface area contributed by atoms with Gasteiger partial charge in [0.05, 0.1) is 22.8 Å². The third-order valence-corrected chi connectivity index (χ3v) is 5.34. The van der Waals surface area contributed by atoms with Gasteiger partial charge in [0.2, 0.25) is 0 Å². The second kappa shape index (κ2) is 7.32. The molecule has 29 heavy (non-hydrogen) atoms. The monoisotopic (exact) mass is 381 g/mol. The van der Waals surface area contributed by atoms with Crippen molar-refractivity contribution in [3.05, 3.63) is 94.2 Å². The summed E-state index contributed by atoms with van der Waals surface area (Å²) in [5.74, 6) is 0. The second-order valence-electron chi connectivity index (χ2n) is 8.03. The van der Waals surface area contributed by atoms with Gasteiger partial charge in [0.15, 0.2) is 5.69 Å². The van der Waals surface area contributed by atoms with Crippen molar-refractivity contribution in [1.82, 2.24) is 9.90 Å². The Morgan fingerprint density at radius 2 is 1.24 bits per heavy atom. The van der Waals surface area contributed by atoms with Crippen LogP contribution in [0.4, 0.5) is 0 Å². The van der Waals surface area contributed by atoms with Crippen molar-refractivity contribution >= 4 is 0 Å². The lowest BCUT2D eigenvalue weighted by Crippen LogP contribution is -2.35. The highest BCUT2D eigenvalue weighted by Gasteiger charge is 2.20. The van der Waals surface area contributed by atoms with Gasteiger partial charge in [-0.2, -0.15) is 0 Å². The fraction of sp³-hybridized carbons (Fsp3) is 0.231. The lowest BCUT2D eigenvalue weighted by Gasteiger charge is -2.11. The van der Waals surface area contributed by atoms with E-state index in [4.69, 9.17) is 5.21 Å². The summed E-state index contributed by atoms with van der Waals surface area (Å²) in [5.41, 5.74) is 11.6. The molecule has 0 radical (unpaired) electrons. The van der Waals surface area contributed by atoms with E-state index >= 15 is 0 Å². The molecule has 1 aromatic heterocycles. The summed E-state index contributed by atoms with van der Waals surface area (Å²) in [6.45, 7) is 12.8. The van der Waals surface area contributed by atoms with Crippen LogP contribution in [0.15, 0.2) is 54.6 Å². The predicted octanol–water partition coefficient (Wildman–Crippen LogP) is 5.47. The average Bonchev–Trinajstić information content (AvgIpc) is 3.05. The molecule has 0 fully saturated rings. The molecule has 0 unspecified atom stereocenters. The summed E-state index contributed by atoms with van der Waals surface area (Å²) in [7, 11) is 0. The van der Waals surface area contributed by atoms with Gasteiger partial charge in [-0.3, -0.25) is 0 Å². The van der Waals surface area contributed by atoms with E-state index in [0.717, 1.165) is 22.6 Å². The summed E-state index contributed by atoms with van der Waals surface area (Å²) in [5, 5.41) is 5.01. The third kappa shape index (κ3) is 3.49. The maximum Gasteiger partial charge on any atom is 0.159 e. The van der Waals surface area contributed by atoms with E-state index in [-0.39, 0.29) is 0 Å². The minimum Gasteiger partial charge on any atom is -0.206 e. The number of rotatable bonds is 3. The molecule has 0 spiro atoms. The van der Waals surface area contributed by atoms with Gasteiger partial charge in [0.25, 0.3) is 0 Å². The largest absolute Gasteiger partial charge is 0.206 e. The van der Waals surface area contributed by atoms with E-state index in [1.165, 1.54) is 33.4 Å². The van der Waals surface area contributed by atoms with E-state index in [9.17, 15) is 0 Å². The Bertz CT molecular complexity index is 1150. The van der Waals surface area contributed by atoms with Crippen LogP contribution in [0.25, 0.3) is 22.6 Å². The summed E-state index contributed by atoms with van der Waals surface area (Å²) in [6, 6.07) is 19.2. The summed E-state index contributed by atoms with van der Waals surface area (Å²) >= 11 is 0. The van der Waals surface area contributed by atoms with Gasteiger partial charge in [-0.1, -0.05) is 70.3 Å². The zero-order valence-corrected chi connectivity index (χ0v) is 18.0. The van der Waals surface area contributed by atoms with E-state index < -0.39 is 0 Å². The third-order valence-electron chi connectivity index (χ3n) is 5.34. The number of hydrogen-bond acceptors (Lipinski definition) is 1. The number of aryl methyl sites for hydroxylation is 6. The van der Waals surface area contributed by atoms with Crippen LogP contribution in [-0.2, 0) is 0 Å². The van der Waals surface area contributed by atoms with E-state index in [1.54, 1.807) is 0 Å². The molecule has 3 aromatic carbocycles. The van der Waals surface area contributed by atoms with Crippen molar-refractivity contribution < 1.29 is 4.68 Å². The number of benzene rings is 3. The number of nitrogens with zero attached hydrogens (tertiary/aromatic N) is 3. The molecule has 0 amide bonds. The predicted molar refractivity (Wildman–Crippen MR) is 118 cm³/mol. The van der Waals surface area contributed by atoms with Crippen molar-refractivity contribution in [3.8, 4) is 22.6 Å². The molecule has 146 valence electrons. The number of aromatic nitrogens is 3. The molecule has 0 aliphatic carbocycles. The molecular weight excluding hydrogens is 354 g/mol. The highest BCUT2D eigenvalue weighted by Crippen LogP contribution is 2.27. The molecule has 4 rings (SSSR count). The van der Waals surface area contributed by atoms with E-state index in [0.29, 0.717) is 0 Å². The van der Waals surface area contributed by atoms with E-state index in [1.807, 2.05) is 15.4 Å². The second-order valence-corrected chi connectivity index (χ2v) is 8.03. The first-order valence-corrected chi connectivity index (χ1v) is 10.0. The molecule has 0 atom stereocenters. The van der Waals surface area contributed by atoms with Crippen molar-refractivity contribution in [3.63, 3.8) is 0 Å². The molecule has 0 aliphatic heterocycles. The summed E-state index contributed by atoms with van der Waals surface area (Å²) < 4.78 is 3.95. The van der Waals surface area contributed by atoms with Crippen LogP contribution in [-0.4, -0.2) is 9.90 Å². The lowest BCUT2D eigenvalue weighted by molar-refractivity contribution is -0.665. The van der Waals surface area contributed by atoms with Gasteiger partial charge in [-0.05, 0) is 52.7 Å². The van der Waals surface area contributed by atoms with Crippen molar-refractivity contribution in [1.29, 1.82) is 0 Å². The normalized spacial score (nSPS) is 11.1. The SMILES string of the molecule is Cc1cc(C)c(-n2n[n+](-c3c(C)cc(C)cc3C)[c-]c2-c2ccccc2)c(C)c1. The standard InChI is InChI=1S/C26H27N3/c1-17-12-19(3)25(20(4)13-17)28-16-24(23-10-8-7-9-11-23)29(27-28)26-21(5)14-18(2)15-22(26)6/h7-15H,1-6H3. The Labute approximate surface area is 173 Å². The Hall–Kier alpha value is -3.20. The molecule has 0 saturated heterocycles. The first-order valence-electron chi connectivity index (χ1n) is 10.0. The molecule has 1 heterocycles. The molecule has 4 aromatic rings. The van der Waals surface area contributed by atoms with Crippen LogP contribution in [0.2, 0.25) is 0 Å². The fourth-order valence-electron chi connectivity index (χ4n) is 4.36. The topological polar surface area (TPSA) is 21.7 Å². The minimum absolute atomic E-state index is 0.958. The quantitative estimate of drug-likeness (QED) is 0.341. The van der Waals surface area contributed by atoms with E-state index in [2.05, 4.69) is 96.3 Å². The zero-order chi connectivity index (χ0) is 20.7. The molecule has 3 nitrogen and oxygen atoms in total. The van der Waals surface area contributed by atoms with Crippen molar-refractivity contribution in [2.75, 3.05) is 0 Å². The van der Waals surface area contributed by atoms with Crippen LogP contribution in [0.1, 0.15) is 33.4 Å². The van der Waals surface area contributed by atoms with Crippen molar-refractivity contribution in [2.24, 2.45) is 0 Å². The van der Waals surface area contributed by atoms with Gasteiger partial charge in [0, 0.05) is 0 Å². The summed E-state index contributed by atoms with van der Waals surface area (Å²) in [6.07, 6.45) is 3.55. The van der Waals surface area contributed by atoms with Crippen molar-refractivity contribution in [2.45, 2.75) is 41.5 Å². The van der Waals surface area contributed by atoms with Gasteiger partial charge in [0.1, 0.15) is 0 Å². The highest BCUT2D eigenvalue weighted by atomic mass is 15.5. The Morgan fingerprint density at radius 1 is 0.724 bits per heavy atom. The molecule has 0 bridgehead atoms. The van der Waals surface area contributed by atoms with Gasteiger partial charge in [-0.15, -0.1) is 16.8 Å². The van der Waals surface area contributed by atoms with Gasteiger partial charge < -0.3 is 0 Å². The van der Waals surface area contributed by atoms with Crippen LogP contribution < -0.4 is 4.68 Å². The minimum atomic E-state index is 0.958. The fourth-order valence-corrected chi connectivity index (χ4v) is 4.36. The molecular formula is C26H27N3.